The third-order valence-electron chi connectivity index (χ3n) is 4.84. The van der Waals surface area contributed by atoms with Gasteiger partial charge in [0.15, 0.2) is 0 Å². The Morgan fingerprint density at radius 2 is 1.00 bits per heavy atom. The number of hydrogen-bond donors (Lipinski definition) is 4. The van der Waals surface area contributed by atoms with E-state index in [1.54, 1.807) is 0 Å². The summed E-state index contributed by atoms with van der Waals surface area (Å²) >= 11 is 0. The molecule has 0 aliphatic carbocycles. The second kappa shape index (κ2) is 15.0. The first-order valence-electron chi connectivity index (χ1n) is 10.7. The molecular weight excluding hydrogens is 476 g/mol. The maximum Gasteiger partial charge on any atom is 0.322 e. The Hall–Kier alpha value is -2.98. The predicted octanol–water partition coefficient (Wildman–Crippen LogP) is 2.49. The van der Waals surface area contributed by atoms with Crippen molar-refractivity contribution in [2.45, 2.75) is 12.8 Å². The zero-order chi connectivity index (χ0) is 24.8. The van der Waals surface area contributed by atoms with Crippen LogP contribution in [0.15, 0.2) is 60.7 Å². The number of carboxylic acid groups (broad SMARTS) is 2. The maximum absolute atomic E-state index is 12.6. The summed E-state index contributed by atoms with van der Waals surface area (Å²) in [7, 11) is 2.87. The fourth-order valence-corrected chi connectivity index (χ4v) is 5.75. The van der Waals surface area contributed by atoms with E-state index in [-0.39, 0.29) is 11.8 Å². The number of aliphatic carboxylic acids is 2. The lowest BCUT2D eigenvalue weighted by molar-refractivity contribution is -0.138. The highest BCUT2D eigenvalue weighted by Crippen LogP contribution is 2.29. The van der Waals surface area contributed by atoms with Gasteiger partial charge in [0.25, 0.3) is 0 Å². The molecule has 2 amide bonds. The number of nitrogens with one attached hydrogen (secondary N) is 2. The molecule has 182 valence electrons. The van der Waals surface area contributed by atoms with E-state index in [9.17, 15) is 19.2 Å². The van der Waals surface area contributed by atoms with Gasteiger partial charge in [-0.15, -0.1) is 0 Å². The minimum atomic E-state index is -1.11. The first kappa shape index (κ1) is 27.3. The SMILES string of the molecule is O=C(O)CNC(=O)C(CSSCC(Cc1ccccc1)C(=O)NCC(=O)O)Cc1ccccc1. The Kier molecular flexibility index (Phi) is 12.0. The van der Waals surface area contributed by atoms with Crippen LogP contribution in [0, 0.1) is 11.8 Å². The molecule has 0 aliphatic heterocycles. The van der Waals surface area contributed by atoms with E-state index in [0.29, 0.717) is 24.3 Å². The molecule has 0 aromatic heterocycles. The predicted molar refractivity (Wildman–Crippen MR) is 133 cm³/mol. The minimum absolute atomic E-state index is 0.334. The number of amides is 2. The molecule has 0 bridgehead atoms. The molecule has 0 aliphatic rings. The molecule has 0 heterocycles. The third kappa shape index (κ3) is 10.8. The van der Waals surface area contributed by atoms with E-state index in [4.69, 9.17) is 10.2 Å². The molecule has 34 heavy (non-hydrogen) atoms. The molecule has 0 fully saturated rings. The van der Waals surface area contributed by atoms with Crippen LogP contribution in [-0.2, 0) is 32.0 Å². The van der Waals surface area contributed by atoms with Gasteiger partial charge in [-0.1, -0.05) is 82.3 Å². The highest BCUT2D eigenvalue weighted by atomic mass is 33.1. The lowest BCUT2D eigenvalue weighted by atomic mass is 10.0. The van der Waals surface area contributed by atoms with Crippen LogP contribution in [0.25, 0.3) is 0 Å². The van der Waals surface area contributed by atoms with Gasteiger partial charge in [0.2, 0.25) is 11.8 Å². The number of benzene rings is 2. The zero-order valence-electron chi connectivity index (χ0n) is 18.5. The van der Waals surface area contributed by atoms with Gasteiger partial charge in [0.1, 0.15) is 13.1 Å². The van der Waals surface area contributed by atoms with Crippen LogP contribution in [0.5, 0.6) is 0 Å². The van der Waals surface area contributed by atoms with E-state index >= 15 is 0 Å². The van der Waals surface area contributed by atoms with Crippen LogP contribution < -0.4 is 10.6 Å². The largest absolute Gasteiger partial charge is 0.480 e. The van der Waals surface area contributed by atoms with Crippen LogP contribution in [-0.4, -0.2) is 58.6 Å². The van der Waals surface area contributed by atoms with E-state index in [1.807, 2.05) is 60.7 Å². The molecule has 2 aromatic carbocycles. The van der Waals surface area contributed by atoms with Crippen molar-refractivity contribution < 1.29 is 29.4 Å². The van der Waals surface area contributed by atoms with Gasteiger partial charge in [0.05, 0.1) is 11.8 Å². The summed E-state index contributed by atoms with van der Waals surface area (Å²) in [5.74, 6) is -2.89. The van der Waals surface area contributed by atoms with E-state index in [1.165, 1.54) is 21.6 Å². The smallest absolute Gasteiger partial charge is 0.322 e. The van der Waals surface area contributed by atoms with Crippen LogP contribution in [0.1, 0.15) is 11.1 Å². The van der Waals surface area contributed by atoms with Crippen molar-refractivity contribution in [2.24, 2.45) is 11.8 Å². The molecule has 2 aromatic rings. The van der Waals surface area contributed by atoms with Gasteiger partial charge in [-0.25, -0.2) is 0 Å². The molecule has 4 N–H and O–H groups in total. The van der Waals surface area contributed by atoms with Gasteiger partial charge in [-0.3, -0.25) is 19.2 Å². The fourth-order valence-electron chi connectivity index (χ4n) is 3.13. The maximum atomic E-state index is 12.6. The Labute approximate surface area is 206 Å². The Morgan fingerprint density at radius 1 is 0.647 bits per heavy atom. The van der Waals surface area contributed by atoms with Crippen molar-refractivity contribution in [2.75, 3.05) is 24.6 Å². The fraction of sp³-hybridized carbons (Fsp3) is 0.333. The summed E-state index contributed by atoms with van der Waals surface area (Å²) in [5.41, 5.74) is 1.94. The molecule has 2 unspecified atom stereocenters. The van der Waals surface area contributed by atoms with Crippen molar-refractivity contribution >= 4 is 45.3 Å². The topological polar surface area (TPSA) is 133 Å². The van der Waals surface area contributed by atoms with E-state index < -0.39 is 36.9 Å². The lowest BCUT2D eigenvalue weighted by Gasteiger charge is -2.18. The summed E-state index contributed by atoms with van der Waals surface area (Å²) in [4.78, 5) is 46.8. The number of rotatable bonds is 15. The first-order chi connectivity index (χ1) is 16.3. The molecule has 10 heteroatoms. The second-order valence-corrected chi connectivity index (χ2v) is 10.1. The molecule has 0 radical (unpaired) electrons. The Bertz CT molecular complexity index is 865. The average Bonchev–Trinajstić information content (AvgIpc) is 2.83. The van der Waals surface area contributed by atoms with Gasteiger partial charge < -0.3 is 20.8 Å². The van der Waals surface area contributed by atoms with Gasteiger partial charge in [-0.05, 0) is 24.0 Å². The van der Waals surface area contributed by atoms with Crippen LogP contribution in [0.2, 0.25) is 0 Å². The quantitative estimate of drug-likeness (QED) is 0.215. The highest BCUT2D eigenvalue weighted by molar-refractivity contribution is 8.76. The van der Waals surface area contributed by atoms with Crippen molar-refractivity contribution in [3.05, 3.63) is 71.8 Å². The Balaban J connectivity index is 1.96. The van der Waals surface area contributed by atoms with E-state index in [2.05, 4.69) is 10.6 Å². The molecule has 8 nitrogen and oxygen atoms in total. The second-order valence-electron chi connectivity index (χ2n) is 7.57. The van der Waals surface area contributed by atoms with Gasteiger partial charge in [-0.2, -0.15) is 0 Å². The molecule has 2 rings (SSSR count). The molecule has 0 saturated carbocycles. The molecule has 0 spiro atoms. The number of hydrogen-bond acceptors (Lipinski definition) is 6. The van der Waals surface area contributed by atoms with Gasteiger partial charge in [0, 0.05) is 11.5 Å². The molecular formula is C24H28N2O6S2. The summed E-state index contributed by atoms with van der Waals surface area (Å²) in [6, 6.07) is 19.0. The number of carbonyl (C=O) groups excluding carboxylic acids is 2. The monoisotopic (exact) mass is 504 g/mol. The van der Waals surface area contributed by atoms with Crippen molar-refractivity contribution in [3.8, 4) is 0 Å². The lowest BCUT2D eigenvalue weighted by Crippen LogP contribution is -2.37. The summed E-state index contributed by atoms with van der Waals surface area (Å²) < 4.78 is 0. The molecule has 0 saturated heterocycles. The third-order valence-corrected chi connectivity index (χ3v) is 7.40. The zero-order valence-corrected chi connectivity index (χ0v) is 20.1. The van der Waals surface area contributed by atoms with E-state index in [0.717, 1.165) is 11.1 Å². The van der Waals surface area contributed by atoms with Crippen molar-refractivity contribution in [1.82, 2.24) is 10.6 Å². The standard InChI is InChI=1S/C24H28N2O6S2/c27-21(28)13-25-23(31)19(11-17-7-3-1-4-8-17)15-33-34-16-20(24(32)26-14-22(29)30)12-18-9-5-2-6-10-18/h1-10,19-20H,11-16H2,(H,25,31)(H,26,32)(H,27,28)(H,29,30). The van der Waals surface area contributed by atoms with Crippen LogP contribution >= 0.6 is 21.6 Å². The first-order valence-corrected chi connectivity index (χ1v) is 13.1. The number of carboxylic acids is 2. The highest BCUT2D eigenvalue weighted by Gasteiger charge is 2.23. The number of carbonyl (C=O) groups is 4. The van der Waals surface area contributed by atoms with Crippen LogP contribution in [0.4, 0.5) is 0 Å². The van der Waals surface area contributed by atoms with Gasteiger partial charge >= 0.3 is 11.9 Å². The molecule has 2 atom stereocenters. The summed E-state index contributed by atoms with van der Waals surface area (Å²) in [6.45, 7) is -0.879. The van der Waals surface area contributed by atoms with Crippen LogP contribution in [0.3, 0.4) is 0 Å². The average molecular weight is 505 g/mol. The van der Waals surface area contributed by atoms with Crippen molar-refractivity contribution in [1.29, 1.82) is 0 Å². The Morgan fingerprint density at radius 3 is 1.32 bits per heavy atom. The van der Waals surface area contributed by atoms with Crippen molar-refractivity contribution in [3.63, 3.8) is 0 Å². The minimum Gasteiger partial charge on any atom is -0.480 e. The summed E-state index contributed by atoms with van der Waals surface area (Å²) in [6.07, 6.45) is 0.929. The summed E-state index contributed by atoms with van der Waals surface area (Å²) in [5, 5.41) is 22.6. The normalized spacial score (nSPS) is 12.4.